The fourth-order valence-electron chi connectivity index (χ4n) is 3.30. The molecule has 2 aromatic carbocycles. The Morgan fingerprint density at radius 1 is 1.06 bits per heavy atom. The topological polar surface area (TPSA) is 98.6 Å². The van der Waals surface area contributed by atoms with E-state index >= 15 is 0 Å². The molecule has 4 rings (SSSR count). The zero-order valence-electron chi connectivity index (χ0n) is 17.2. The molecule has 1 N–H and O–H groups in total. The molecule has 0 bridgehead atoms. The number of H-pyrrole nitrogens is 1. The average molecular weight is 414 g/mol. The van der Waals surface area contributed by atoms with Crippen molar-refractivity contribution in [2.24, 2.45) is 0 Å². The van der Waals surface area contributed by atoms with E-state index in [0.717, 1.165) is 19.3 Å². The van der Waals surface area contributed by atoms with Gasteiger partial charge in [0.15, 0.2) is 5.82 Å². The van der Waals surface area contributed by atoms with Crippen LogP contribution in [0.5, 0.6) is 0 Å². The molecule has 2 aromatic heterocycles. The van der Waals surface area contributed by atoms with E-state index in [2.05, 4.69) is 44.4 Å². The molecule has 0 amide bonds. The van der Waals surface area contributed by atoms with Crippen LogP contribution in [-0.2, 0) is 4.79 Å². The Morgan fingerprint density at radius 3 is 2.68 bits per heavy atom. The number of tetrazole rings is 1. The molecule has 0 unspecified atom stereocenters. The molecular weight excluding hydrogens is 392 g/mol. The fourth-order valence-corrected chi connectivity index (χ4v) is 3.30. The molecule has 156 valence electrons. The Morgan fingerprint density at radius 2 is 1.87 bits per heavy atom. The highest BCUT2D eigenvalue weighted by Crippen LogP contribution is 2.31. The number of aromatic amines is 1. The van der Waals surface area contributed by atoms with Crippen LogP contribution in [0.2, 0.25) is 0 Å². The normalized spacial score (nSPS) is 10.6. The summed E-state index contributed by atoms with van der Waals surface area (Å²) in [7, 11) is 0. The van der Waals surface area contributed by atoms with Crippen molar-refractivity contribution in [1.82, 2.24) is 30.3 Å². The Balaban J connectivity index is 1.67. The third kappa shape index (κ3) is 4.61. The molecule has 0 aliphatic heterocycles. The fraction of sp³-hybridized carbons (Fsp3) is 0.261. The van der Waals surface area contributed by atoms with E-state index in [-0.39, 0.29) is 0 Å². The van der Waals surface area contributed by atoms with Crippen LogP contribution in [0.3, 0.4) is 0 Å². The molecule has 0 radical (unpaired) electrons. The number of benzene rings is 2. The third-order valence-corrected chi connectivity index (χ3v) is 4.79. The molecule has 0 aliphatic carbocycles. The molecular formula is C23H22N6O2. The lowest BCUT2D eigenvalue weighted by Crippen LogP contribution is -2.19. The zero-order chi connectivity index (χ0) is 21.5. The van der Waals surface area contributed by atoms with E-state index < -0.39 is 5.97 Å². The standard InChI is InChI=1S/C23H22N6O2/c1-2-3-4-5-6-7-16-21(30)31-29-20-15-11-10-14-19(20)24-23(29)18-13-9-8-12-17(18)22-25-27-28-26-22/h8-15H,2-6H2,1H3,(H,25,26,27,28). The number of hydrogen-bond acceptors (Lipinski definition) is 6. The number of fused-ring (bicyclic) bond motifs is 1. The second-order valence-corrected chi connectivity index (χ2v) is 6.99. The maximum absolute atomic E-state index is 12.5. The van der Waals surface area contributed by atoms with Crippen LogP contribution < -0.4 is 4.84 Å². The maximum Gasteiger partial charge on any atom is 0.408 e. The predicted molar refractivity (Wildman–Crippen MR) is 116 cm³/mol. The van der Waals surface area contributed by atoms with Crippen molar-refractivity contribution in [3.63, 3.8) is 0 Å². The van der Waals surface area contributed by atoms with Gasteiger partial charge in [-0.2, -0.15) is 9.94 Å². The summed E-state index contributed by atoms with van der Waals surface area (Å²) < 4.78 is 1.42. The molecule has 0 atom stereocenters. The number of unbranched alkanes of at least 4 members (excludes halogenated alkanes) is 4. The Hall–Kier alpha value is -3.99. The predicted octanol–water partition coefficient (Wildman–Crippen LogP) is 3.81. The SMILES string of the molecule is CCCCCCC#CC(=O)On1c(-c2ccccc2-c2nn[nH]n2)nc2ccccc21. The van der Waals surface area contributed by atoms with Gasteiger partial charge in [0.1, 0.15) is 5.52 Å². The minimum absolute atomic E-state index is 0.424. The van der Waals surface area contributed by atoms with Crippen molar-refractivity contribution >= 4 is 17.0 Å². The minimum atomic E-state index is -0.628. The van der Waals surface area contributed by atoms with Gasteiger partial charge < -0.3 is 4.84 Å². The van der Waals surface area contributed by atoms with Crippen LogP contribution in [0.25, 0.3) is 33.8 Å². The van der Waals surface area contributed by atoms with Crippen molar-refractivity contribution in [3.8, 4) is 34.6 Å². The molecule has 0 saturated heterocycles. The number of aromatic nitrogens is 6. The number of carbonyl (C=O) groups is 1. The lowest BCUT2D eigenvalue weighted by atomic mass is 10.1. The van der Waals surface area contributed by atoms with Gasteiger partial charge in [0.2, 0.25) is 5.82 Å². The zero-order valence-corrected chi connectivity index (χ0v) is 17.2. The quantitative estimate of drug-likeness (QED) is 0.365. The van der Waals surface area contributed by atoms with Gasteiger partial charge in [-0.05, 0) is 23.8 Å². The monoisotopic (exact) mass is 414 g/mol. The molecule has 0 fully saturated rings. The smallest absolute Gasteiger partial charge is 0.322 e. The lowest BCUT2D eigenvalue weighted by molar-refractivity contribution is -0.136. The molecule has 0 saturated carbocycles. The average Bonchev–Trinajstić information content (AvgIpc) is 3.45. The number of nitrogens with zero attached hydrogens (tertiary/aromatic N) is 5. The summed E-state index contributed by atoms with van der Waals surface area (Å²) in [4.78, 5) is 22.8. The Labute approximate surface area is 179 Å². The van der Waals surface area contributed by atoms with Crippen molar-refractivity contribution in [2.45, 2.75) is 39.0 Å². The summed E-state index contributed by atoms with van der Waals surface area (Å²) in [5, 5.41) is 14.2. The molecule has 2 heterocycles. The Bertz CT molecular complexity index is 1230. The summed E-state index contributed by atoms with van der Waals surface area (Å²) in [6, 6.07) is 14.9. The first kappa shape index (κ1) is 20.3. The molecule has 0 spiro atoms. The number of para-hydroxylation sites is 2. The lowest BCUT2D eigenvalue weighted by Gasteiger charge is -2.09. The van der Waals surface area contributed by atoms with E-state index in [4.69, 9.17) is 4.84 Å². The van der Waals surface area contributed by atoms with Crippen LogP contribution in [-0.4, -0.2) is 36.3 Å². The summed E-state index contributed by atoms with van der Waals surface area (Å²) in [5.74, 6) is 5.74. The van der Waals surface area contributed by atoms with Crippen molar-refractivity contribution in [2.75, 3.05) is 0 Å². The van der Waals surface area contributed by atoms with E-state index in [1.165, 1.54) is 11.2 Å². The van der Waals surface area contributed by atoms with Crippen molar-refractivity contribution in [3.05, 3.63) is 48.5 Å². The van der Waals surface area contributed by atoms with Crippen LogP contribution in [0, 0.1) is 11.8 Å². The van der Waals surface area contributed by atoms with Gasteiger partial charge in [-0.3, -0.25) is 0 Å². The number of rotatable bonds is 7. The van der Waals surface area contributed by atoms with Gasteiger partial charge in [0, 0.05) is 23.5 Å². The van der Waals surface area contributed by atoms with Gasteiger partial charge in [-0.15, -0.1) is 10.2 Å². The summed E-state index contributed by atoms with van der Waals surface area (Å²) in [6.07, 6.45) is 5.11. The van der Waals surface area contributed by atoms with Crippen LogP contribution >= 0.6 is 0 Å². The molecule has 8 nitrogen and oxygen atoms in total. The largest absolute Gasteiger partial charge is 0.408 e. The first-order valence-corrected chi connectivity index (χ1v) is 10.3. The second kappa shape index (κ2) is 9.67. The van der Waals surface area contributed by atoms with Gasteiger partial charge >= 0.3 is 5.97 Å². The van der Waals surface area contributed by atoms with E-state index in [9.17, 15) is 4.79 Å². The number of nitrogens with one attached hydrogen (secondary N) is 1. The van der Waals surface area contributed by atoms with Crippen LogP contribution in [0.1, 0.15) is 39.0 Å². The van der Waals surface area contributed by atoms with Crippen LogP contribution in [0.15, 0.2) is 48.5 Å². The highest BCUT2D eigenvalue weighted by molar-refractivity contribution is 5.90. The van der Waals surface area contributed by atoms with E-state index in [0.29, 0.717) is 40.2 Å². The summed E-state index contributed by atoms with van der Waals surface area (Å²) >= 11 is 0. The van der Waals surface area contributed by atoms with Gasteiger partial charge in [0.05, 0.1) is 5.52 Å². The highest BCUT2D eigenvalue weighted by Gasteiger charge is 2.20. The summed E-state index contributed by atoms with van der Waals surface area (Å²) in [6.45, 7) is 2.16. The third-order valence-electron chi connectivity index (χ3n) is 4.79. The molecule has 4 aromatic rings. The first-order chi connectivity index (χ1) is 15.3. The minimum Gasteiger partial charge on any atom is -0.322 e. The van der Waals surface area contributed by atoms with E-state index in [1.807, 2.05) is 48.5 Å². The van der Waals surface area contributed by atoms with E-state index in [1.54, 1.807) is 0 Å². The van der Waals surface area contributed by atoms with Gasteiger partial charge in [-0.1, -0.05) is 68.5 Å². The van der Waals surface area contributed by atoms with Gasteiger partial charge in [-0.25, -0.2) is 9.78 Å². The molecule has 8 heteroatoms. The Kier molecular flexibility index (Phi) is 6.33. The molecule has 0 aliphatic rings. The second-order valence-electron chi connectivity index (χ2n) is 6.99. The van der Waals surface area contributed by atoms with Gasteiger partial charge in [0.25, 0.3) is 0 Å². The van der Waals surface area contributed by atoms with Crippen LogP contribution in [0.4, 0.5) is 0 Å². The summed E-state index contributed by atoms with van der Waals surface area (Å²) in [5.41, 5.74) is 2.78. The molecule has 31 heavy (non-hydrogen) atoms. The van der Waals surface area contributed by atoms with Crippen molar-refractivity contribution in [1.29, 1.82) is 0 Å². The highest BCUT2D eigenvalue weighted by atomic mass is 16.7. The number of hydrogen-bond donors (Lipinski definition) is 1. The number of imidazole rings is 1. The first-order valence-electron chi connectivity index (χ1n) is 10.3. The number of carbonyl (C=O) groups excluding carboxylic acids is 1. The maximum atomic E-state index is 12.5. The van der Waals surface area contributed by atoms with Crippen molar-refractivity contribution < 1.29 is 9.63 Å².